The molecule has 2 aliphatic rings. The number of hydrogen-bond donors (Lipinski definition) is 1. The van der Waals surface area contributed by atoms with Crippen molar-refractivity contribution in [3.8, 4) is 5.75 Å². The van der Waals surface area contributed by atoms with E-state index in [0.717, 1.165) is 9.13 Å². The normalized spacial score (nSPS) is 22.0. The number of ether oxygens (including phenoxy) is 1. The summed E-state index contributed by atoms with van der Waals surface area (Å²) < 4.78 is 20.9. The van der Waals surface area contributed by atoms with Gasteiger partial charge in [0, 0.05) is 31.7 Å². The Bertz CT molecular complexity index is 601. The molecule has 0 spiro atoms. The maximum absolute atomic E-state index is 13.9. The second kappa shape index (κ2) is 5.88. The summed E-state index contributed by atoms with van der Waals surface area (Å²) in [6.45, 7) is 2.51. The molecule has 2 aliphatic heterocycles. The van der Waals surface area contributed by atoms with E-state index >= 15 is 0 Å². The van der Waals surface area contributed by atoms with Crippen molar-refractivity contribution in [3.05, 3.63) is 25.5 Å². The number of nitrogens with zero attached hydrogens (tertiary/aromatic N) is 2. The summed E-state index contributed by atoms with van der Waals surface area (Å²) in [6, 6.07) is 1.49. The molecule has 2 heterocycles. The molecular weight excluding hydrogens is 458 g/mol. The molecule has 1 saturated heterocycles. The third-order valence-electron chi connectivity index (χ3n) is 3.86. The molecule has 0 aromatic heterocycles. The van der Waals surface area contributed by atoms with Crippen LogP contribution in [0.5, 0.6) is 5.75 Å². The van der Waals surface area contributed by atoms with E-state index in [1.807, 2.05) is 0 Å². The third kappa shape index (κ3) is 2.85. The molecule has 8 heteroatoms. The van der Waals surface area contributed by atoms with Crippen LogP contribution in [0.15, 0.2) is 10.5 Å². The molecule has 0 saturated carbocycles. The zero-order valence-corrected chi connectivity index (χ0v) is 14.7. The molecule has 5 nitrogen and oxygen atoms in total. The fourth-order valence-electron chi connectivity index (χ4n) is 2.73. The summed E-state index contributed by atoms with van der Waals surface area (Å²) >= 11 is 5.29. The predicted molar refractivity (Wildman–Crippen MR) is 86.1 cm³/mol. The largest absolute Gasteiger partial charge is 0.490 e. The molecule has 1 fully saturated rings. The minimum atomic E-state index is -0.903. The maximum atomic E-state index is 13.9. The van der Waals surface area contributed by atoms with E-state index in [1.165, 1.54) is 11.0 Å². The van der Waals surface area contributed by atoms with Crippen molar-refractivity contribution < 1.29 is 19.0 Å². The molecule has 0 bridgehead atoms. The highest BCUT2D eigenvalue weighted by atomic mass is 127. The fraction of sp³-hybridized carbons (Fsp3) is 0.462. The van der Waals surface area contributed by atoms with Crippen molar-refractivity contribution in [1.29, 1.82) is 0 Å². The molecule has 0 aliphatic carbocycles. The summed E-state index contributed by atoms with van der Waals surface area (Å²) in [4.78, 5) is 14.7. The number of hydrogen-bond acceptors (Lipinski definition) is 3. The monoisotopic (exact) mass is 470 g/mol. The van der Waals surface area contributed by atoms with Crippen molar-refractivity contribution in [2.75, 3.05) is 26.2 Å². The third-order valence-corrected chi connectivity index (χ3v) is 6.41. The summed E-state index contributed by atoms with van der Waals surface area (Å²) in [5.74, 6) is 0.393. The Balaban J connectivity index is 1.88. The lowest BCUT2D eigenvalue weighted by Crippen LogP contribution is -2.55. The second-order valence-electron chi connectivity index (χ2n) is 5.14. The lowest BCUT2D eigenvalue weighted by molar-refractivity contribution is 0.0502. The van der Waals surface area contributed by atoms with E-state index in [1.54, 1.807) is 0 Å². The topological polar surface area (TPSA) is 53.0 Å². The van der Waals surface area contributed by atoms with Crippen molar-refractivity contribution >= 4 is 44.6 Å². The highest BCUT2D eigenvalue weighted by Crippen LogP contribution is 2.37. The van der Waals surface area contributed by atoms with Gasteiger partial charge in [-0.1, -0.05) is 0 Å². The van der Waals surface area contributed by atoms with Gasteiger partial charge in [0.2, 0.25) is 0 Å². The van der Waals surface area contributed by atoms with Crippen molar-refractivity contribution in [2.45, 2.75) is 12.6 Å². The first-order valence-electron chi connectivity index (χ1n) is 6.48. The Morgan fingerprint density at radius 1 is 1.52 bits per heavy atom. The Labute approximate surface area is 143 Å². The average molecular weight is 471 g/mol. The number of fused-ring (bicyclic) bond motifs is 2. The highest BCUT2D eigenvalue weighted by Gasteiger charge is 2.33. The van der Waals surface area contributed by atoms with Crippen LogP contribution >= 0.6 is 38.5 Å². The van der Waals surface area contributed by atoms with Gasteiger partial charge in [-0.3, -0.25) is 4.90 Å². The van der Waals surface area contributed by atoms with Crippen molar-refractivity contribution in [3.63, 3.8) is 0 Å². The molecule has 1 atom stereocenters. The van der Waals surface area contributed by atoms with E-state index in [9.17, 15) is 9.18 Å². The second-order valence-corrected chi connectivity index (χ2v) is 7.01. The predicted octanol–water partition coefficient (Wildman–Crippen LogP) is 2.75. The summed E-state index contributed by atoms with van der Waals surface area (Å²) in [5.41, 5.74) is 0.811. The summed E-state index contributed by atoms with van der Waals surface area (Å²) in [7, 11) is 0. The average Bonchev–Trinajstić information content (AvgIpc) is 2.63. The van der Waals surface area contributed by atoms with E-state index in [0.29, 0.717) is 43.0 Å². The van der Waals surface area contributed by atoms with Crippen LogP contribution in [0.3, 0.4) is 0 Å². The van der Waals surface area contributed by atoms with Gasteiger partial charge in [0.25, 0.3) is 0 Å². The van der Waals surface area contributed by atoms with Gasteiger partial charge >= 0.3 is 6.09 Å². The number of rotatable bonds is 0. The Morgan fingerprint density at radius 3 is 3.00 bits per heavy atom. The van der Waals surface area contributed by atoms with E-state index in [-0.39, 0.29) is 11.9 Å². The van der Waals surface area contributed by atoms with Gasteiger partial charge < -0.3 is 14.7 Å². The Morgan fingerprint density at radius 2 is 2.29 bits per heavy atom. The van der Waals surface area contributed by atoms with Crippen LogP contribution in [0.25, 0.3) is 0 Å². The number of benzene rings is 1. The van der Waals surface area contributed by atoms with Crippen LogP contribution in [0, 0.1) is 9.39 Å². The van der Waals surface area contributed by atoms with Gasteiger partial charge in [0.05, 0.1) is 14.1 Å². The minimum absolute atomic E-state index is 0.000105. The molecule has 114 valence electrons. The van der Waals surface area contributed by atoms with Crippen LogP contribution in [-0.2, 0) is 6.54 Å². The maximum Gasteiger partial charge on any atom is 0.407 e. The van der Waals surface area contributed by atoms with Crippen molar-refractivity contribution in [1.82, 2.24) is 9.80 Å². The van der Waals surface area contributed by atoms with E-state index in [2.05, 4.69) is 43.4 Å². The van der Waals surface area contributed by atoms with Crippen molar-refractivity contribution in [2.24, 2.45) is 0 Å². The Hall–Kier alpha value is -0.610. The molecule has 1 amide bonds. The highest BCUT2D eigenvalue weighted by molar-refractivity contribution is 14.1. The van der Waals surface area contributed by atoms with Gasteiger partial charge in [-0.25, -0.2) is 9.18 Å². The standard InChI is InChI=1S/C13H13BrFIN2O3/c14-10-9(15)3-7-4-17-1-2-18(13(19)20)5-8(17)6-21-12(7)11(10)16/h3,8H,1-2,4-6H2,(H,19,20)/t8-/m1/s1. The quantitative estimate of drug-likeness (QED) is 0.468. The van der Waals surface area contributed by atoms with Crippen LogP contribution in [-0.4, -0.2) is 53.3 Å². The summed E-state index contributed by atoms with van der Waals surface area (Å²) in [6.07, 6.45) is -0.903. The zero-order valence-electron chi connectivity index (χ0n) is 11.0. The lowest BCUT2D eigenvalue weighted by atomic mass is 10.1. The molecule has 0 radical (unpaired) electrons. The summed E-state index contributed by atoms with van der Waals surface area (Å²) in [5, 5.41) is 9.10. The van der Waals surface area contributed by atoms with Crippen LogP contribution < -0.4 is 4.74 Å². The molecular formula is C13H13BrFIN2O3. The van der Waals surface area contributed by atoms with Crippen LogP contribution in [0.2, 0.25) is 0 Å². The molecule has 0 unspecified atom stereocenters. The first-order chi connectivity index (χ1) is 9.97. The first-order valence-corrected chi connectivity index (χ1v) is 8.35. The lowest BCUT2D eigenvalue weighted by Gasteiger charge is -2.38. The number of halogens is 3. The van der Waals surface area contributed by atoms with Gasteiger partial charge in [-0.05, 0) is 44.6 Å². The SMILES string of the molecule is O=C(O)N1CCN2Cc3cc(F)c(Br)c(I)c3OC[C@H]2C1. The smallest absolute Gasteiger partial charge is 0.407 e. The fourth-order valence-corrected chi connectivity index (χ4v) is 3.79. The minimum Gasteiger partial charge on any atom is -0.490 e. The zero-order chi connectivity index (χ0) is 15.1. The van der Waals surface area contributed by atoms with Gasteiger partial charge in [0.1, 0.15) is 18.2 Å². The van der Waals surface area contributed by atoms with Crippen LogP contribution in [0.1, 0.15) is 5.56 Å². The molecule has 1 aromatic rings. The number of carboxylic acid groups (broad SMARTS) is 1. The molecule has 1 N–H and O–H groups in total. The Kier molecular flexibility index (Phi) is 4.28. The molecule has 21 heavy (non-hydrogen) atoms. The first kappa shape index (κ1) is 15.3. The van der Waals surface area contributed by atoms with E-state index < -0.39 is 6.09 Å². The number of amides is 1. The molecule has 1 aromatic carbocycles. The van der Waals surface area contributed by atoms with Gasteiger partial charge in [-0.2, -0.15) is 0 Å². The molecule has 3 rings (SSSR count). The van der Waals surface area contributed by atoms with Crippen LogP contribution in [0.4, 0.5) is 9.18 Å². The van der Waals surface area contributed by atoms with Gasteiger partial charge in [-0.15, -0.1) is 0 Å². The van der Waals surface area contributed by atoms with E-state index in [4.69, 9.17) is 9.84 Å². The van der Waals surface area contributed by atoms with Gasteiger partial charge in [0.15, 0.2) is 0 Å². The number of piperazine rings is 1. The number of carbonyl (C=O) groups is 1.